The Balaban J connectivity index is 1.36. The van der Waals surface area contributed by atoms with Gasteiger partial charge in [-0.15, -0.1) is 23.5 Å². The van der Waals surface area contributed by atoms with E-state index in [4.69, 9.17) is 9.47 Å². The molecule has 1 aromatic rings. The van der Waals surface area contributed by atoms with Crippen LogP contribution in [0.5, 0.6) is 5.75 Å². The first-order chi connectivity index (χ1) is 14.0. The molecule has 2 bridgehead atoms. The molecule has 1 heterocycles. The Morgan fingerprint density at radius 3 is 2.45 bits per heavy atom. The predicted molar refractivity (Wildman–Crippen MR) is 118 cm³/mol. The van der Waals surface area contributed by atoms with Crippen LogP contribution < -0.4 is 10.1 Å². The number of hydrogen-bond donors (Lipinski definition) is 1. The molecule has 0 aromatic heterocycles. The Bertz CT molecular complexity index is 749. The molecule has 158 valence electrons. The fourth-order valence-corrected chi connectivity index (χ4v) is 9.05. The molecule has 1 amide bonds. The van der Waals surface area contributed by atoms with E-state index >= 15 is 0 Å². The second-order valence-electron chi connectivity index (χ2n) is 8.18. The van der Waals surface area contributed by atoms with Crippen LogP contribution in [0.1, 0.15) is 39.0 Å². The lowest BCUT2D eigenvalue weighted by Crippen LogP contribution is -2.48. The summed E-state index contributed by atoms with van der Waals surface area (Å²) >= 11 is 4.26. The molecule has 0 radical (unpaired) electrons. The molecule has 4 atom stereocenters. The van der Waals surface area contributed by atoms with Crippen molar-refractivity contribution in [3.8, 4) is 5.75 Å². The highest BCUT2D eigenvalue weighted by Gasteiger charge is 2.55. The van der Waals surface area contributed by atoms with Crippen molar-refractivity contribution in [1.29, 1.82) is 0 Å². The number of esters is 1. The molecular formula is C22H29NO4S2. The van der Waals surface area contributed by atoms with Crippen molar-refractivity contribution >= 4 is 41.1 Å². The summed E-state index contributed by atoms with van der Waals surface area (Å²) in [5.74, 6) is 3.57. The van der Waals surface area contributed by atoms with Gasteiger partial charge in [0, 0.05) is 11.5 Å². The van der Waals surface area contributed by atoms with Crippen LogP contribution in [0.4, 0.5) is 5.69 Å². The highest BCUT2D eigenvalue weighted by molar-refractivity contribution is 8.21. The molecule has 4 rings (SSSR count). The van der Waals surface area contributed by atoms with Gasteiger partial charge in [-0.05, 0) is 56.6 Å². The summed E-state index contributed by atoms with van der Waals surface area (Å²) in [5.41, 5.74) is 0.576. The van der Waals surface area contributed by atoms with Crippen molar-refractivity contribution in [2.75, 3.05) is 23.9 Å². The number of ether oxygens (including phenoxy) is 2. The summed E-state index contributed by atoms with van der Waals surface area (Å²) in [5, 5.41) is 2.80. The Hall–Kier alpha value is -1.34. The molecule has 2 aliphatic carbocycles. The second kappa shape index (κ2) is 8.80. The maximum atomic E-state index is 12.9. The Morgan fingerprint density at radius 2 is 1.79 bits per heavy atom. The summed E-state index contributed by atoms with van der Waals surface area (Å²) in [4.78, 5) is 25.4. The number of rotatable bonds is 5. The van der Waals surface area contributed by atoms with Crippen LogP contribution in [0.3, 0.4) is 0 Å². The van der Waals surface area contributed by atoms with Gasteiger partial charge in [-0.3, -0.25) is 9.59 Å². The van der Waals surface area contributed by atoms with Gasteiger partial charge in [0.25, 0.3) is 5.91 Å². The molecule has 1 unspecified atom stereocenters. The van der Waals surface area contributed by atoms with Crippen LogP contribution in [-0.2, 0) is 14.3 Å². The third kappa shape index (κ3) is 4.13. The molecular weight excluding hydrogens is 406 g/mol. The van der Waals surface area contributed by atoms with E-state index in [0.717, 1.165) is 12.8 Å². The number of carbonyl (C=O) groups excluding carboxylic acids is 2. The SMILES string of the molecule is COc1ccccc1NC(=O)[C@H](C)OC(=O)C1C[C@H]2CCC[C@@H](C1)C21SCCS1. The summed E-state index contributed by atoms with van der Waals surface area (Å²) < 4.78 is 11.2. The van der Waals surface area contributed by atoms with E-state index in [2.05, 4.69) is 28.8 Å². The zero-order valence-corrected chi connectivity index (χ0v) is 18.7. The number of para-hydroxylation sites is 2. The maximum Gasteiger partial charge on any atom is 0.309 e. The zero-order valence-electron chi connectivity index (χ0n) is 17.0. The predicted octanol–water partition coefficient (Wildman–Crippen LogP) is 4.57. The third-order valence-corrected chi connectivity index (χ3v) is 10.5. The van der Waals surface area contributed by atoms with Gasteiger partial charge in [-0.25, -0.2) is 0 Å². The summed E-state index contributed by atoms with van der Waals surface area (Å²) in [6.07, 6.45) is 4.66. The van der Waals surface area contributed by atoms with Crippen LogP contribution in [0, 0.1) is 17.8 Å². The van der Waals surface area contributed by atoms with E-state index < -0.39 is 6.10 Å². The molecule has 29 heavy (non-hydrogen) atoms. The quantitative estimate of drug-likeness (QED) is 0.684. The van der Waals surface area contributed by atoms with Crippen molar-refractivity contribution in [2.24, 2.45) is 17.8 Å². The molecule has 7 heteroatoms. The average molecular weight is 436 g/mol. The van der Waals surface area contributed by atoms with Gasteiger partial charge in [-0.2, -0.15) is 0 Å². The standard InChI is InChI=1S/C22H29NO4S2/c1-14(20(24)23-18-8-3-4-9-19(18)26-2)27-21(25)15-12-16-6-5-7-17(13-15)22(16)28-10-11-29-22/h3-4,8-9,14-17H,5-7,10-13H2,1-2H3,(H,23,24)/t14-,15?,16-,17+/m0/s1. The molecule has 1 spiro atoms. The number of carbonyl (C=O) groups is 2. The normalized spacial score (nSPS) is 28.6. The summed E-state index contributed by atoms with van der Waals surface area (Å²) in [7, 11) is 1.56. The number of benzene rings is 1. The molecule has 5 nitrogen and oxygen atoms in total. The van der Waals surface area contributed by atoms with Crippen LogP contribution >= 0.6 is 23.5 Å². The smallest absolute Gasteiger partial charge is 0.309 e. The molecule has 3 fully saturated rings. The van der Waals surface area contributed by atoms with E-state index in [1.165, 1.54) is 30.8 Å². The lowest BCUT2D eigenvalue weighted by Gasteiger charge is -2.51. The third-order valence-electron chi connectivity index (χ3n) is 6.48. The Morgan fingerprint density at radius 1 is 1.14 bits per heavy atom. The van der Waals surface area contributed by atoms with Gasteiger partial charge in [0.05, 0.1) is 22.8 Å². The second-order valence-corrected chi connectivity index (χ2v) is 11.2. The largest absolute Gasteiger partial charge is 0.495 e. The molecule has 1 aromatic carbocycles. The number of thioether (sulfide) groups is 2. The van der Waals surface area contributed by atoms with Crippen molar-refractivity contribution in [3.05, 3.63) is 24.3 Å². The van der Waals surface area contributed by atoms with E-state index in [0.29, 0.717) is 27.4 Å². The number of methoxy groups -OCH3 is 1. The molecule has 1 saturated heterocycles. The van der Waals surface area contributed by atoms with Crippen LogP contribution in [0.15, 0.2) is 24.3 Å². The van der Waals surface area contributed by atoms with Crippen LogP contribution in [-0.4, -0.2) is 40.7 Å². The number of hydrogen-bond acceptors (Lipinski definition) is 6. The molecule has 1 aliphatic heterocycles. The highest BCUT2D eigenvalue weighted by atomic mass is 32.2. The van der Waals surface area contributed by atoms with Gasteiger partial charge in [0.1, 0.15) is 5.75 Å². The molecule has 1 N–H and O–H groups in total. The van der Waals surface area contributed by atoms with E-state index in [9.17, 15) is 9.59 Å². The van der Waals surface area contributed by atoms with Crippen molar-refractivity contribution in [2.45, 2.75) is 49.2 Å². The summed E-state index contributed by atoms with van der Waals surface area (Å²) in [6, 6.07) is 7.21. The fourth-order valence-electron chi connectivity index (χ4n) is 5.11. The minimum Gasteiger partial charge on any atom is -0.495 e. The van der Waals surface area contributed by atoms with E-state index in [1.807, 2.05) is 12.1 Å². The number of anilines is 1. The maximum absolute atomic E-state index is 12.9. The first-order valence-corrected chi connectivity index (χ1v) is 12.4. The van der Waals surface area contributed by atoms with Gasteiger partial charge in [0.15, 0.2) is 6.10 Å². The van der Waals surface area contributed by atoms with Gasteiger partial charge >= 0.3 is 5.97 Å². The lowest BCUT2D eigenvalue weighted by molar-refractivity contribution is -0.159. The summed E-state index contributed by atoms with van der Waals surface area (Å²) in [6.45, 7) is 1.64. The lowest BCUT2D eigenvalue weighted by atomic mass is 9.67. The number of amides is 1. The van der Waals surface area contributed by atoms with Crippen molar-refractivity contribution in [3.63, 3.8) is 0 Å². The Kier molecular flexibility index (Phi) is 6.35. The average Bonchev–Trinajstić information content (AvgIpc) is 3.17. The fraction of sp³-hybridized carbons (Fsp3) is 0.636. The minimum atomic E-state index is -0.835. The van der Waals surface area contributed by atoms with E-state index in [-0.39, 0.29) is 17.8 Å². The molecule has 2 saturated carbocycles. The first-order valence-electron chi connectivity index (χ1n) is 10.5. The van der Waals surface area contributed by atoms with Gasteiger partial charge in [0.2, 0.25) is 0 Å². The van der Waals surface area contributed by atoms with Gasteiger partial charge < -0.3 is 14.8 Å². The highest BCUT2D eigenvalue weighted by Crippen LogP contribution is 2.64. The first kappa shape index (κ1) is 20.9. The Labute approximate surface area is 181 Å². The topological polar surface area (TPSA) is 64.6 Å². The molecule has 3 aliphatic rings. The number of nitrogens with one attached hydrogen (secondary N) is 1. The minimum absolute atomic E-state index is 0.0840. The zero-order chi connectivity index (χ0) is 20.4. The van der Waals surface area contributed by atoms with Crippen LogP contribution in [0.2, 0.25) is 0 Å². The van der Waals surface area contributed by atoms with Gasteiger partial charge in [-0.1, -0.05) is 18.6 Å². The van der Waals surface area contributed by atoms with E-state index in [1.54, 1.807) is 26.2 Å². The monoisotopic (exact) mass is 435 g/mol. The van der Waals surface area contributed by atoms with Crippen molar-refractivity contribution < 1.29 is 19.1 Å². The van der Waals surface area contributed by atoms with Crippen LogP contribution in [0.25, 0.3) is 0 Å². The van der Waals surface area contributed by atoms with Crippen molar-refractivity contribution in [1.82, 2.24) is 0 Å².